The third-order valence-electron chi connectivity index (χ3n) is 2.81. The third kappa shape index (κ3) is 3.13. The van der Waals surface area contributed by atoms with Crippen molar-refractivity contribution in [2.45, 2.75) is 6.92 Å². The highest BCUT2D eigenvalue weighted by Crippen LogP contribution is 2.24. The molecule has 98 valence electrons. The van der Waals surface area contributed by atoms with Crippen LogP contribution in [0.15, 0.2) is 42.5 Å². The van der Waals surface area contributed by atoms with Crippen LogP contribution in [0.4, 0.5) is 0 Å². The van der Waals surface area contributed by atoms with Crippen molar-refractivity contribution in [3.8, 4) is 5.75 Å². The van der Waals surface area contributed by atoms with Gasteiger partial charge in [0.25, 0.3) is 0 Å². The Balaban J connectivity index is 2.39. The number of methoxy groups -OCH3 is 1. The van der Waals surface area contributed by atoms with Crippen LogP contribution in [0.1, 0.15) is 12.5 Å². The summed E-state index contributed by atoms with van der Waals surface area (Å²) in [4.78, 5) is 11.3. The zero-order valence-electron chi connectivity index (χ0n) is 11.1. The number of carbonyl (C=O) groups excluding carboxylic acids is 1. The van der Waals surface area contributed by atoms with E-state index < -0.39 is 0 Å². The number of rotatable bonds is 4. The van der Waals surface area contributed by atoms with Crippen molar-refractivity contribution in [2.75, 3.05) is 13.7 Å². The van der Waals surface area contributed by atoms with E-state index in [0.717, 1.165) is 22.1 Å². The molecule has 0 amide bonds. The van der Waals surface area contributed by atoms with Gasteiger partial charge in [-0.1, -0.05) is 24.3 Å². The lowest BCUT2D eigenvalue weighted by Crippen LogP contribution is -1.98. The van der Waals surface area contributed by atoms with E-state index in [0.29, 0.717) is 6.61 Å². The summed E-state index contributed by atoms with van der Waals surface area (Å²) >= 11 is 0. The van der Waals surface area contributed by atoms with Crippen LogP contribution in [0.2, 0.25) is 0 Å². The molecule has 19 heavy (non-hydrogen) atoms. The van der Waals surface area contributed by atoms with Crippen molar-refractivity contribution in [3.05, 3.63) is 48.0 Å². The van der Waals surface area contributed by atoms with Gasteiger partial charge in [-0.2, -0.15) is 0 Å². The lowest BCUT2D eigenvalue weighted by Gasteiger charge is -2.05. The summed E-state index contributed by atoms with van der Waals surface area (Å²) < 4.78 is 10.1. The van der Waals surface area contributed by atoms with Gasteiger partial charge in [-0.05, 0) is 41.5 Å². The van der Waals surface area contributed by atoms with Gasteiger partial charge in [0, 0.05) is 6.08 Å². The number of esters is 1. The quantitative estimate of drug-likeness (QED) is 0.621. The van der Waals surface area contributed by atoms with Crippen molar-refractivity contribution in [1.29, 1.82) is 0 Å². The summed E-state index contributed by atoms with van der Waals surface area (Å²) in [6, 6.07) is 11.8. The van der Waals surface area contributed by atoms with E-state index in [4.69, 9.17) is 9.47 Å². The molecule has 0 aliphatic rings. The molecule has 2 aromatic carbocycles. The van der Waals surface area contributed by atoms with Crippen molar-refractivity contribution >= 4 is 22.8 Å². The molecule has 0 radical (unpaired) electrons. The smallest absolute Gasteiger partial charge is 0.330 e. The molecule has 0 fully saturated rings. The van der Waals surface area contributed by atoms with Crippen molar-refractivity contribution in [3.63, 3.8) is 0 Å². The second-order valence-electron chi connectivity index (χ2n) is 4.02. The largest absolute Gasteiger partial charge is 0.497 e. The third-order valence-corrected chi connectivity index (χ3v) is 2.81. The summed E-state index contributed by atoms with van der Waals surface area (Å²) in [5, 5.41) is 2.15. The Labute approximate surface area is 112 Å². The van der Waals surface area contributed by atoms with E-state index in [2.05, 4.69) is 0 Å². The first-order valence-corrected chi connectivity index (χ1v) is 6.16. The maximum absolute atomic E-state index is 11.3. The minimum atomic E-state index is -0.331. The molecule has 0 aromatic heterocycles. The molecule has 0 saturated carbocycles. The number of hydrogen-bond donors (Lipinski definition) is 0. The Morgan fingerprint density at radius 3 is 2.84 bits per heavy atom. The first-order valence-electron chi connectivity index (χ1n) is 6.16. The van der Waals surface area contributed by atoms with Crippen LogP contribution in [0, 0.1) is 0 Å². The van der Waals surface area contributed by atoms with Crippen LogP contribution in [0.25, 0.3) is 16.8 Å². The van der Waals surface area contributed by atoms with Crippen LogP contribution >= 0.6 is 0 Å². The summed E-state index contributed by atoms with van der Waals surface area (Å²) in [5.41, 5.74) is 0.962. The van der Waals surface area contributed by atoms with E-state index in [9.17, 15) is 4.79 Å². The van der Waals surface area contributed by atoms with Crippen LogP contribution in [0.5, 0.6) is 5.75 Å². The van der Waals surface area contributed by atoms with E-state index in [1.165, 1.54) is 6.08 Å². The van der Waals surface area contributed by atoms with Crippen molar-refractivity contribution in [2.24, 2.45) is 0 Å². The highest BCUT2D eigenvalue weighted by Gasteiger charge is 2.01. The van der Waals surface area contributed by atoms with Gasteiger partial charge in [-0.25, -0.2) is 4.79 Å². The highest BCUT2D eigenvalue weighted by atomic mass is 16.5. The first-order chi connectivity index (χ1) is 9.24. The van der Waals surface area contributed by atoms with Gasteiger partial charge in [-0.3, -0.25) is 0 Å². The van der Waals surface area contributed by atoms with Crippen molar-refractivity contribution in [1.82, 2.24) is 0 Å². The van der Waals surface area contributed by atoms with Crippen LogP contribution < -0.4 is 4.74 Å². The maximum atomic E-state index is 11.3. The zero-order chi connectivity index (χ0) is 13.7. The van der Waals surface area contributed by atoms with Crippen molar-refractivity contribution < 1.29 is 14.3 Å². The number of benzene rings is 2. The molecule has 0 saturated heterocycles. The maximum Gasteiger partial charge on any atom is 0.330 e. The summed E-state index contributed by atoms with van der Waals surface area (Å²) in [6.45, 7) is 2.17. The van der Waals surface area contributed by atoms with E-state index in [1.807, 2.05) is 36.4 Å². The van der Waals surface area contributed by atoms with E-state index >= 15 is 0 Å². The average molecular weight is 256 g/mol. The fourth-order valence-electron chi connectivity index (χ4n) is 1.90. The Bertz CT molecular complexity index is 614. The normalized spacial score (nSPS) is 10.8. The zero-order valence-corrected chi connectivity index (χ0v) is 11.1. The minimum absolute atomic E-state index is 0.331. The highest BCUT2D eigenvalue weighted by molar-refractivity contribution is 5.95. The fraction of sp³-hybridized carbons (Fsp3) is 0.188. The van der Waals surface area contributed by atoms with Gasteiger partial charge >= 0.3 is 5.97 Å². The average Bonchev–Trinajstić information content (AvgIpc) is 2.44. The second-order valence-corrected chi connectivity index (χ2v) is 4.02. The molecule has 0 atom stereocenters. The molecule has 2 rings (SSSR count). The number of carbonyl (C=O) groups is 1. The number of ether oxygens (including phenoxy) is 2. The van der Waals surface area contributed by atoms with Gasteiger partial charge in [0.05, 0.1) is 13.7 Å². The van der Waals surface area contributed by atoms with Crippen LogP contribution in [-0.2, 0) is 9.53 Å². The first kappa shape index (κ1) is 13.1. The molecule has 2 aromatic rings. The predicted molar refractivity (Wildman–Crippen MR) is 76.2 cm³/mol. The lowest BCUT2D eigenvalue weighted by atomic mass is 10.0. The molecular weight excluding hydrogens is 240 g/mol. The van der Waals surface area contributed by atoms with Gasteiger partial charge in [0.15, 0.2) is 0 Å². The Morgan fingerprint density at radius 1 is 1.26 bits per heavy atom. The topological polar surface area (TPSA) is 35.5 Å². The second kappa shape index (κ2) is 6.05. The van der Waals surface area contributed by atoms with Crippen LogP contribution in [0.3, 0.4) is 0 Å². The van der Waals surface area contributed by atoms with Crippen LogP contribution in [-0.4, -0.2) is 19.7 Å². The number of hydrogen-bond acceptors (Lipinski definition) is 3. The minimum Gasteiger partial charge on any atom is -0.497 e. The fourth-order valence-corrected chi connectivity index (χ4v) is 1.90. The summed E-state index contributed by atoms with van der Waals surface area (Å²) in [7, 11) is 1.64. The van der Waals surface area contributed by atoms with Gasteiger partial charge < -0.3 is 9.47 Å². The SMILES string of the molecule is CCOC(=O)C=Cc1cccc2ccc(OC)cc12. The molecule has 3 nitrogen and oxygen atoms in total. The lowest BCUT2D eigenvalue weighted by molar-refractivity contribution is -0.137. The molecule has 0 heterocycles. The van der Waals surface area contributed by atoms with Gasteiger partial charge in [0.2, 0.25) is 0 Å². The van der Waals surface area contributed by atoms with Gasteiger partial charge in [0.1, 0.15) is 5.75 Å². The Morgan fingerprint density at radius 2 is 2.11 bits per heavy atom. The Kier molecular flexibility index (Phi) is 4.18. The molecule has 3 heteroatoms. The molecule has 0 aliphatic carbocycles. The molecule has 0 spiro atoms. The summed E-state index contributed by atoms with van der Waals surface area (Å²) in [5.74, 6) is 0.465. The van der Waals surface area contributed by atoms with E-state index in [-0.39, 0.29) is 5.97 Å². The molecular formula is C16H16O3. The standard InChI is InChI=1S/C16H16O3/c1-3-19-16(17)10-8-13-6-4-5-12-7-9-14(18-2)11-15(12)13/h4-11H,3H2,1-2H3. The molecule has 0 bridgehead atoms. The molecule has 0 N–H and O–H groups in total. The Hall–Kier alpha value is -2.29. The summed E-state index contributed by atoms with van der Waals surface area (Å²) in [6.07, 6.45) is 3.21. The van der Waals surface area contributed by atoms with Gasteiger partial charge in [-0.15, -0.1) is 0 Å². The van der Waals surface area contributed by atoms with E-state index in [1.54, 1.807) is 20.1 Å². The number of fused-ring (bicyclic) bond motifs is 1. The predicted octanol–water partition coefficient (Wildman–Crippen LogP) is 3.42. The molecule has 0 unspecified atom stereocenters. The monoisotopic (exact) mass is 256 g/mol. The molecule has 0 aliphatic heterocycles.